The van der Waals surface area contributed by atoms with Gasteiger partial charge < -0.3 is 4.90 Å². The van der Waals surface area contributed by atoms with Gasteiger partial charge in [0.25, 0.3) is 6.43 Å². The molecule has 0 spiro atoms. The van der Waals surface area contributed by atoms with Gasteiger partial charge >= 0.3 is 0 Å². The Morgan fingerprint density at radius 2 is 1.75 bits per heavy atom. The fourth-order valence-corrected chi connectivity index (χ4v) is 3.71. The van der Waals surface area contributed by atoms with Crippen LogP contribution >= 0.6 is 11.6 Å². The predicted molar refractivity (Wildman–Crippen MR) is 101 cm³/mol. The molecule has 1 aliphatic heterocycles. The van der Waals surface area contributed by atoms with Crippen molar-refractivity contribution in [3.8, 4) is 0 Å². The number of halogens is 3. The van der Waals surface area contributed by atoms with E-state index in [2.05, 4.69) is 22.0 Å². The number of aromatic nitrogens is 4. The highest BCUT2D eigenvalue weighted by Crippen LogP contribution is 2.28. The Morgan fingerprint density at radius 1 is 1.11 bits per heavy atom. The molecule has 10 heteroatoms. The van der Waals surface area contributed by atoms with Crippen LogP contribution in [0.5, 0.6) is 0 Å². The van der Waals surface area contributed by atoms with Gasteiger partial charge in [-0.3, -0.25) is 19.1 Å². The van der Waals surface area contributed by atoms with Gasteiger partial charge in [-0.05, 0) is 20.8 Å². The van der Waals surface area contributed by atoms with Crippen LogP contribution in [0.2, 0.25) is 5.02 Å². The number of carbonyl (C=O) groups excluding carboxylic acids is 1. The molecule has 0 aliphatic carbocycles. The van der Waals surface area contributed by atoms with Gasteiger partial charge in [0.2, 0.25) is 5.91 Å². The largest absolute Gasteiger partial charge is 0.339 e. The van der Waals surface area contributed by atoms with Gasteiger partial charge in [0.15, 0.2) is 0 Å². The number of carbonyl (C=O) groups is 1. The minimum absolute atomic E-state index is 0.0742. The molecule has 7 nitrogen and oxygen atoms in total. The third kappa shape index (κ3) is 4.05. The summed E-state index contributed by atoms with van der Waals surface area (Å²) in [6, 6.07) is 0. The van der Waals surface area contributed by atoms with Crippen molar-refractivity contribution in [2.75, 3.05) is 26.2 Å². The zero-order valence-electron chi connectivity index (χ0n) is 16.5. The van der Waals surface area contributed by atoms with E-state index in [1.54, 1.807) is 11.8 Å². The average molecular weight is 415 g/mol. The zero-order chi connectivity index (χ0) is 20.6. The molecule has 1 saturated heterocycles. The van der Waals surface area contributed by atoms with Crippen LogP contribution in [0.25, 0.3) is 0 Å². The van der Waals surface area contributed by atoms with Crippen molar-refractivity contribution in [1.82, 2.24) is 29.4 Å². The molecular weight excluding hydrogens is 390 g/mol. The van der Waals surface area contributed by atoms with E-state index in [0.717, 1.165) is 31.0 Å². The number of aryl methyl sites for hydroxylation is 2. The first-order valence-corrected chi connectivity index (χ1v) is 9.57. The van der Waals surface area contributed by atoms with Crippen LogP contribution in [0.4, 0.5) is 8.78 Å². The average Bonchev–Trinajstić information content (AvgIpc) is 3.06. The molecule has 0 N–H and O–H groups in total. The van der Waals surface area contributed by atoms with Crippen LogP contribution in [0.15, 0.2) is 0 Å². The van der Waals surface area contributed by atoms with Crippen molar-refractivity contribution in [2.45, 2.75) is 40.3 Å². The number of piperazine rings is 1. The second-order valence-corrected chi connectivity index (χ2v) is 7.55. The van der Waals surface area contributed by atoms with Crippen molar-refractivity contribution in [2.24, 2.45) is 7.05 Å². The standard InChI is InChI=1S/C18H25ClF2N6O/c1-11-14(12(2)24(4)22-11)9-25-5-7-26(8-6-25)15(28)10-27-13(3)16(19)17(23-27)18(20)21/h18H,5-10H2,1-4H3. The maximum Gasteiger partial charge on any atom is 0.283 e. The van der Waals surface area contributed by atoms with Gasteiger partial charge in [-0.1, -0.05) is 11.6 Å². The Labute approximate surface area is 167 Å². The smallest absolute Gasteiger partial charge is 0.283 e. The summed E-state index contributed by atoms with van der Waals surface area (Å²) >= 11 is 5.90. The molecule has 0 unspecified atom stereocenters. The van der Waals surface area contributed by atoms with Gasteiger partial charge in [0, 0.05) is 51.0 Å². The maximum atomic E-state index is 12.9. The van der Waals surface area contributed by atoms with Crippen LogP contribution in [0.1, 0.15) is 34.8 Å². The SMILES string of the molecule is Cc1nn(C)c(C)c1CN1CCN(C(=O)Cn2nc(C(F)F)c(Cl)c2C)CC1. The van der Waals surface area contributed by atoms with Crippen molar-refractivity contribution in [3.05, 3.63) is 33.4 Å². The molecule has 1 fully saturated rings. The minimum Gasteiger partial charge on any atom is -0.339 e. The fraction of sp³-hybridized carbons (Fsp3) is 0.611. The monoisotopic (exact) mass is 414 g/mol. The molecular formula is C18H25ClF2N6O. The van der Waals surface area contributed by atoms with Crippen LogP contribution in [-0.2, 0) is 24.9 Å². The number of hydrogen-bond donors (Lipinski definition) is 0. The third-order valence-corrected chi connectivity index (χ3v) is 5.88. The van der Waals surface area contributed by atoms with E-state index < -0.39 is 12.1 Å². The summed E-state index contributed by atoms with van der Waals surface area (Å²) in [7, 11) is 1.94. The second kappa shape index (κ2) is 8.16. The molecule has 2 aromatic rings. The van der Waals surface area contributed by atoms with E-state index in [1.165, 1.54) is 10.2 Å². The van der Waals surface area contributed by atoms with Gasteiger partial charge in [-0.15, -0.1) is 0 Å². The highest BCUT2D eigenvalue weighted by molar-refractivity contribution is 6.31. The minimum atomic E-state index is -2.76. The normalized spacial score (nSPS) is 15.6. The van der Waals surface area contributed by atoms with Gasteiger partial charge in [-0.2, -0.15) is 10.2 Å². The Morgan fingerprint density at radius 3 is 2.25 bits per heavy atom. The van der Waals surface area contributed by atoms with Crippen LogP contribution in [-0.4, -0.2) is 61.4 Å². The van der Waals surface area contributed by atoms with Crippen LogP contribution < -0.4 is 0 Å². The second-order valence-electron chi connectivity index (χ2n) is 7.17. The maximum absolute atomic E-state index is 12.9. The molecule has 2 aromatic heterocycles. The van der Waals surface area contributed by atoms with Crippen molar-refractivity contribution < 1.29 is 13.6 Å². The first-order valence-electron chi connectivity index (χ1n) is 9.19. The van der Waals surface area contributed by atoms with E-state index in [-0.39, 0.29) is 17.5 Å². The number of hydrogen-bond acceptors (Lipinski definition) is 4. The lowest BCUT2D eigenvalue weighted by Gasteiger charge is -2.34. The molecule has 154 valence electrons. The van der Waals surface area contributed by atoms with Gasteiger partial charge in [-0.25, -0.2) is 8.78 Å². The molecule has 0 aromatic carbocycles. The fourth-order valence-electron chi connectivity index (χ4n) is 3.49. The van der Waals surface area contributed by atoms with E-state index in [9.17, 15) is 13.6 Å². The van der Waals surface area contributed by atoms with E-state index >= 15 is 0 Å². The molecule has 0 saturated carbocycles. The molecule has 28 heavy (non-hydrogen) atoms. The Hall–Kier alpha value is -2.00. The summed E-state index contributed by atoms with van der Waals surface area (Å²) in [6.45, 7) is 9.05. The highest BCUT2D eigenvalue weighted by Gasteiger charge is 2.25. The van der Waals surface area contributed by atoms with Crippen molar-refractivity contribution in [1.29, 1.82) is 0 Å². The van der Waals surface area contributed by atoms with E-state index in [0.29, 0.717) is 18.8 Å². The molecule has 0 radical (unpaired) electrons. The summed E-state index contributed by atoms with van der Waals surface area (Å²) in [5.74, 6) is -0.142. The lowest BCUT2D eigenvalue weighted by molar-refractivity contribution is -0.133. The van der Waals surface area contributed by atoms with E-state index in [1.807, 2.05) is 18.7 Å². The summed E-state index contributed by atoms with van der Waals surface area (Å²) in [5.41, 5.74) is 3.31. The first-order chi connectivity index (χ1) is 13.2. The van der Waals surface area contributed by atoms with Gasteiger partial charge in [0.1, 0.15) is 12.2 Å². The summed E-state index contributed by atoms with van der Waals surface area (Å²) in [4.78, 5) is 16.6. The number of amides is 1. The molecule has 3 heterocycles. The number of rotatable bonds is 5. The Bertz CT molecular complexity index is 870. The quantitative estimate of drug-likeness (QED) is 0.754. The predicted octanol–water partition coefficient (Wildman–Crippen LogP) is 2.48. The summed E-state index contributed by atoms with van der Waals surface area (Å²) in [6.07, 6.45) is -2.76. The van der Waals surface area contributed by atoms with Crippen molar-refractivity contribution >= 4 is 17.5 Å². The number of nitrogens with zero attached hydrogens (tertiary/aromatic N) is 6. The van der Waals surface area contributed by atoms with Crippen molar-refractivity contribution in [3.63, 3.8) is 0 Å². The summed E-state index contributed by atoms with van der Waals surface area (Å²) in [5, 5.41) is 8.18. The van der Waals surface area contributed by atoms with Crippen LogP contribution in [0, 0.1) is 20.8 Å². The summed E-state index contributed by atoms with van der Waals surface area (Å²) < 4.78 is 29.0. The Balaban J connectivity index is 1.58. The van der Waals surface area contributed by atoms with Crippen LogP contribution in [0.3, 0.4) is 0 Å². The highest BCUT2D eigenvalue weighted by atomic mass is 35.5. The first kappa shape index (κ1) is 20.7. The molecule has 1 aliphatic rings. The molecule has 1 amide bonds. The van der Waals surface area contributed by atoms with Gasteiger partial charge in [0.05, 0.1) is 16.4 Å². The molecule has 0 bridgehead atoms. The zero-order valence-corrected chi connectivity index (χ0v) is 17.3. The van der Waals surface area contributed by atoms with E-state index in [4.69, 9.17) is 11.6 Å². The number of alkyl halides is 2. The lowest BCUT2D eigenvalue weighted by atomic mass is 10.1. The topological polar surface area (TPSA) is 59.2 Å². The third-order valence-electron chi connectivity index (χ3n) is 5.42. The lowest BCUT2D eigenvalue weighted by Crippen LogP contribution is -2.49. The molecule has 0 atom stereocenters. The molecule has 3 rings (SSSR count). The Kier molecular flexibility index (Phi) is 6.04.